The van der Waals surface area contributed by atoms with Crippen LogP contribution < -0.4 is 9.47 Å². The van der Waals surface area contributed by atoms with Crippen LogP contribution in [0.5, 0.6) is 11.5 Å². The van der Waals surface area contributed by atoms with E-state index in [9.17, 15) is 0 Å². The molecule has 2 atom stereocenters. The molecule has 3 nitrogen and oxygen atoms in total. The minimum atomic E-state index is 0.0110. The van der Waals surface area contributed by atoms with Crippen molar-refractivity contribution >= 4 is 11.6 Å². The van der Waals surface area contributed by atoms with Gasteiger partial charge in [0.25, 0.3) is 0 Å². The zero-order valence-corrected chi connectivity index (χ0v) is 14.2. The van der Waals surface area contributed by atoms with E-state index < -0.39 is 0 Å². The van der Waals surface area contributed by atoms with E-state index >= 15 is 0 Å². The predicted octanol–water partition coefficient (Wildman–Crippen LogP) is 4.51. The van der Waals surface area contributed by atoms with Gasteiger partial charge < -0.3 is 14.2 Å². The molecule has 1 aliphatic heterocycles. The van der Waals surface area contributed by atoms with Crippen LogP contribution in [0, 0.1) is 5.92 Å². The molecule has 4 heteroatoms. The summed E-state index contributed by atoms with van der Waals surface area (Å²) in [7, 11) is 3.37. The Labute approximate surface area is 137 Å². The third-order valence-electron chi connectivity index (χ3n) is 5.05. The summed E-state index contributed by atoms with van der Waals surface area (Å²) in [6, 6.07) is 4.18. The van der Waals surface area contributed by atoms with Crippen molar-refractivity contribution in [2.75, 3.05) is 20.1 Å². The highest BCUT2D eigenvalue weighted by atomic mass is 35.5. The van der Waals surface area contributed by atoms with Crippen LogP contribution >= 0.6 is 11.6 Å². The molecule has 3 rings (SSSR count). The highest BCUT2D eigenvalue weighted by Crippen LogP contribution is 2.46. The fourth-order valence-electron chi connectivity index (χ4n) is 3.98. The van der Waals surface area contributed by atoms with Crippen LogP contribution in [0.25, 0.3) is 0 Å². The SMILES string of the molecule is COc1ccc2c(c1OC)C(CCCl)OC(C1CCCC1)C2. The van der Waals surface area contributed by atoms with Gasteiger partial charge >= 0.3 is 0 Å². The van der Waals surface area contributed by atoms with Crippen LogP contribution in [-0.4, -0.2) is 26.2 Å². The Morgan fingerprint density at radius 2 is 1.95 bits per heavy atom. The summed E-state index contributed by atoms with van der Waals surface area (Å²) >= 11 is 6.03. The molecule has 0 radical (unpaired) electrons. The molecule has 1 heterocycles. The van der Waals surface area contributed by atoms with Gasteiger partial charge in [-0.15, -0.1) is 11.6 Å². The highest BCUT2D eigenvalue weighted by Gasteiger charge is 2.36. The number of fused-ring (bicyclic) bond motifs is 1. The lowest BCUT2D eigenvalue weighted by Gasteiger charge is -2.36. The zero-order valence-electron chi connectivity index (χ0n) is 13.4. The molecule has 2 unspecified atom stereocenters. The molecule has 0 saturated heterocycles. The Balaban J connectivity index is 1.96. The largest absolute Gasteiger partial charge is 0.493 e. The van der Waals surface area contributed by atoms with E-state index in [4.69, 9.17) is 25.8 Å². The summed E-state index contributed by atoms with van der Waals surface area (Å²) in [5.41, 5.74) is 2.47. The molecule has 1 saturated carbocycles. The third-order valence-corrected chi connectivity index (χ3v) is 5.27. The van der Waals surface area contributed by atoms with Gasteiger partial charge in [0.2, 0.25) is 0 Å². The molecule has 122 valence electrons. The Kier molecular flexibility index (Phi) is 5.14. The molecule has 2 aliphatic rings. The van der Waals surface area contributed by atoms with Crippen molar-refractivity contribution in [3.05, 3.63) is 23.3 Å². The second kappa shape index (κ2) is 7.10. The molecule has 0 spiro atoms. The summed E-state index contributed by atoms with van der Waals surface area (Å²) in [6.07, 6.45) is 7.37. The monoisotopic (exact) mass is 324 g/mol. The first-order valence-corrected chi connectivity index (χ1v) is 8.77. The summed E-state index contributed by atoms with van der Waals surface area (Å²) < 4.78 is 17.5. The standard InChI is InChI=1S/C18H25ClO3/c1-20-15-8-7-13-11-16(12-5-3-4-6-12)22-14(9-10-19)17(13)18(15)21-2/h7-8,12,14,16H,3-6,9-11H2,1-2H3. The second-order valence-corrected chi connectivity index (χ2v) is 6.64. The maximum absolute atomic E-state index is 6.46. The van der Waals surface area contributed by atoms with Crippen molar-refractivity contribution in [1.82, 2.24) is 0 Å². The first kappa shape index (κ1) is 15.9. The van der Waals surface area contributed by atoms with Crippen LogP contribution in [0.1, 0.15) is 49.3 Å². The average molecular weight is 325 g/mol. The summed E-state index contributed by atoms with van der Waals surface area (Å²) in [5, 5.41) is 0. The molecule has 0 bridgehead atoms. The Morgan fingerprint density at radius 1 is 1.18 bits per heavy atom. The molecule has 0 amide bonds. The zero-order chi connectivity index (χ0) is 15.5. The van der Waals surface area contributed by atoms with Crippen LogP contribution in [0.2, 0.25) is 0 Å². The lowest BCUT2D eigenvalue weighted by molar-refractivity contribution is -0.0566. The first-order chi connectivity index (χ1) is 10.8. The van der Waals surface area contributed by atoms with E-state index in [-0.39, 0.29) is 6.10 Å². The second-order valence-electron chi connectivity index (χ2n) is 6.26. The topological polar surface area (TPSA) is 27.7 Å². The molecule has 1 aliphatic carbocycles. The van der Waals surface area contributed by atoms with Gasteiger partial charge in [-0.1, -0.05) is 18.9 Å². The highest BCUT2D eigenvalue weighted by molar-refractivity contribution is 6.17. The molecule has 0 aromatic heterocycles. The quantitative estimate of drug-likeness (QED) is 0.746. The number of alkyl halides is 1. The van der Waals surface area contributed by atoms with Crippen LogP contribution in [0.3, 0.4) is 0 Å². The fraction of sp³-hybridized carbons (Fsp3) is 0.667. The van der Waals surface area contributed by atoms with Gasteiger partial charge in [0.15, 0.2) is 11.5 Å². The van der Waals surface area contributed by atoms with E-state index in [1.807, 2.05) is 6.07 Å². The summed E-state index contributed by atoms with van der Waals surface area (Å²) in [4.78, 5) is 0. The van der Waals surface area contributed by atoms with Gasteiger partial charge in [-0.3, -0.25) is 0 Å². The van der Waals surface area contributed by atoms with Gasteiger partial charge in [-0.05, 0) is 43.2 Å². The number of halogens is 1. The van der Waals surface area contributed by atoms with Crippen molar-refractivity contribution in [3.8, 4) is 11.5 Å². The smallest absolute Gasteiger partial charge is 0.166 e. The van der Waals surface area contributed by atoms with Gasteiger partial charge in [0, 0.05) is 11.4 Å². The van der Waals surface area contributed by atoms with Crippen LogP contribution in [0.4, 0.5) is 0 Å². The lowest BCUT2D eigenvalue weighted by Crippen LogP contribution is -2.32. The van der Waals surface area contributed by atoms with E-state index in [1.165, 1.54) is 31.2 Å². The number of hydrogen-bond acceptors (Lipinski definition) is 3. The minimum absolute atomic E-state index is 0.0110. The number of methoxy groups -OCH3 is 2. The number of hydrogen-bond donors (Lipinski definition) is 0. The molecular formula is C18H25ClO3. The molecule has 1 aromatic rings. The number of benzene rings is 1. The van der Waals surface area contributed by atoms with Crippen molar-refractivity contribution in [2.45, 2.75) is 50.7 Å². The third kappa shape index (κ3) is 2.93. The van der Waals surface area contributed by atoms with Gasteiger partial charge in [-0.2, -0.15) is 0 Å². The van der Waals surface area contributed by atoms with Gasteiger partial charge in [-0.25, -0.2) is 0 Å². The van der Waals surface area contributed by atoms with E-state index in [0.29, 0.717) is 17.9 Å². The Hall–Kier alpha value is -0.930. The molecule has 22 heavy (non-hydrogen) atoms. The minimum Gasteiger partial charge on any atom is -0.493 e. The summed E-state index contributed by atoms with van der Waals surface area (Å²) in [5.74, 6) is 2.85. The normalized spacial score (nSPS) is 25.0. The van der Waals surface area contributed by atoms with Crippen molar-refractivity contribution in [3.63, 3.8) is 0 Å². The van der Waals surface area contributed by atoms with E-state index in [1.54, 1.807) is 14.2 Å². The van der Waals surface area contributed by atoms with Gasteiger partial charge in [0.05, 0.1) is 26.4 Å². The predicted molar refractivity (Wildman–Crippen MR) is 88.2 cm³/mol. The van der Waals surface area contributed by atoms with Crippen molar-refractivity contribution in [2.24, 2.45) is 5.92 Å². The average Bonchev–Trinajstić information content (AvgIpc) is 3.08. The molecule has 1 fully saturated rings. The maximum Gasteiger partial charge on any atom is 0.166 e. The maximum atomic E-state index is 6.46. The first-order valence-electron chi connectivity index (χ1n) is 8.23. The van der Waals surface area contributed by atoms with Crippen LogP contribution in [-0.2, 0) is 11.2 Å². The van der Waals surface area contributed by atoms with Crippen molar-refractivity contribution in [1.29, 1.82) is 0 Å². The number of ether oxygens (including phenoxy) is 3. The fourth-order valence-corrected chi connectivity index (χ4v) is 4.18. The lowest BCUT2D eigenvalue weighted by atomic mass is 9.86. The van der Waals surface area contributed by atoms with Crippen molar-refractivity contribution < 1.29 is 14.2 Å². The van der Waals surface area contributed by atoms with E-state index in [2.05, 4.69) is 6.07 Å². The van der Waals surface area contributed by atoms with Crippen LogP contribution in [0.15, 0.2) is 12.1 Å². The molecule has 0 N–H and O–H groups in total. The Bertz CT molecular complexity index is 511. The number of rotatable bonds is 5. The Morgan fingerprint density at radius 3 is 2.59 bits per heavy atom. The molecule has 1 aromatic carbocycles. The van der Waals surface area contributed by atoms with E-state index in [0.717, 1.165) is 29.9 Å². The van der Waals surface area contributed by atoms with Gasteiger partial charge in [0.1, 0.15) is 0 Å². The molecular weight excluding hydrogens is 300 g/mol. The summed E-state index contributed by atoms with van der Waals surface area (Å²) in [6.45, 7) is 0.